The highest BCUT2D eigenvalue weighted by atomic mass is 16.7. The van der Waals surface area contributed by atoms with Crippen LogP contribution < -0.4 is 14.8 Å². The number of hydrogen-bond donors (Lipinski definition) is 2. The second kappa shape index (κ2) is 5.81. The van der Waals surface area contributed by atoms with Gasteiger partial charge in [-0.2, -0.15) is 0 Å². The number of carboxylic acids is 1. The minimum absolute atomic E-state index is 0.174. The summed E-state index contributed by atoms with van der Waals surface area (Å²) in [6.07, 6.45) is 0.174. The molecule has 1 aromatic rings. The van der Waals surface area contributed by atoms with Crippen molar-refractivity contribution < 1.29 is 24.2 Å². The molecule has 1 aliphatic heterocycles. The van der Waals surface area contributed by atoms with E-state index in [4.69, 9.17) is 14.6 Å². The summed E-state index contributed by atoms with van der Waals surface area (Å²) in [6.45, 7) is 3.43. The van der Waals surface area contributed by atoms with Crippen molar-refractivity contribution in [2.45, 2.75) is 26.3 Å². The fourth-order valence-corrected chi connectivity index (χ4v) is 1.88. The Kier molecular flexibility index (Phi) is 4.12. The van der Waals surface area contributed by atoms with E-state index in [1.165, 1.54) is 0 Å². The Morgan fingerprint density at radius 2 is 2.00 bits per heavy atom. The predicted octanol–water partition coefficient (Wildman–Crippen LogP) is 1.18. The maximum absolute atomic E-state index is 11.9. The molecule has 1 amide bonds. The lowest BCUT2D eigenvalue weighted by atomic mass is 10.0. The first kappa shape index (κ1) is 14.2. The lowest BCUT2D eigenvalue weighted by molar-refractivity contribution is -0.142. The quantitative estimate of drug-likeness (QED) is 0.845. The van der Waals surface area contributed by atoms with Gasteiger partial charge in [0.2, 0.25) is 12.7 Å². The largest absolute Gasteiger partial charge is 0.481 e. The molecule has 108 valence electrons. The normalized spacial score (nSPS) is 15.5. The van der Waals surface area contributed by atoms with Crippen LogP contribution in [0.1, 0.15) is 19.4 Å². The van der Waals surface area contributed by atoms with E-state index in [9.17, 15) is 9.59 Å². The van der Waals surface area contributed by atoms with Crippen LogP contribution in [0.25, 0.3) is 0 Å². The molecule has 1 aliphatic rings. The van der Waals surface area contributed by atoms with Crippen molar-refractivity contribution in [3.63, 3.8) is 0 Å². The first-order chi connectivity index (χ1) is 9.47. The Morgan fingerprint density at radius 3 is 2.70 bits per heavy atom. The SMILES string of the molecule is CC(NC(=O)Cc1ccc2c(c1)OCO2)C(C)C(=O)O. The first-order valence-corrected chi connectivity index (χ1v) is 6.38. The molecule has 6 nitrogen and oxygen atoms in total. The van der Waals surface area contributed by atoms with Gasteiger partial charge in [-0.15, -0.1) is 0 Å². The van der Waals surface area contributed by atoms with Crippen LogP contribution in [0.3, 0.4) is 0 Å². The Labute approximate surface area is 116 Å². The minimum atomic E-state index is -0.930. The number of carbonyl (C=O) groups excluding carboxylic acids is 1. The number of carboxylic acid groups (broad SMARTS) is 1. The van der Waals surface area contributed by atoms with E-state index in [0.717, 1.165) is 5.56 Å². The average molecular weight is 279 g/mol. The Hall–Kier alpha value is -2.24. The van der Waals surface area contributed by atoms with Crippen LogP contribution in [0.5, 0.6) is 11.5 Å². The molecule has 2 unspecified atom stereocenters. The van der Waals surface area contributed by atoms with Crippen molar-refractivity contribution >= 4 is 11.9 Å². The molecule has 0 bridgehead atoms. The van der Waals surface area contributed by atoms with E-state index in [1.807, 2.05) is 0 Å². The van der Waals surface area contributed by atoms with Gasteiger partial charge >= 0.3 is 5.97 Å². The smallest absolute Gasteiger partial charge is 0.308 e. The topological polar surface area (TPSA) is 84.9 Å². The number of fused-ring (bicyclic) bond motifs is 1. The van der Waals surface area contributed by atoms with Gasteiger partial charge in [0.05, 0.1) is 12.3 Å². The molecular weight excluding hydrogens is 262 g/mol. The van der Waals surface area contributed by atoms with Crippen molar-refractivity contribution in [2.24, 2.45) is 5.92 Å². The van der Waals surface area contributed by atoms with Gasteiger partial charge in [0, 0.05) is 6.04 Å². The van der Waals surface area contributed by atoms with Crippen LogP contribution >= 0.6 is 0 Å². The molecule has 1 heterocycles. The Bertz CT molecular complexity index is 528. The number of aliphatic carboxylic acids is 1. The third-order valence-corrected chi connectivity index (χ3v) is 3.33. The summed E-state index contributed by atoms with van der Waals surface area (Å²) in [5.41, 5.74) is 0.793. The summed E-state index contributed by atoms with van der Waals surface area (Å²) >= 11 is 0. The number of ether oxygens (including phenoxy) is 2. The summed E-state index contributed by atoms with van der Waals surface area (Å²) < 4.78 is 10.4. The maximum Gasteiger partial charge on any atom is 0.308 e. The summed E-state index contributed by atoms with van der Waals surface area (Å²) in [5.74, 6) is -0.481. The number of carbonyl (C=O) groups is 2. The molecule has 2 N–H and O–H groups in total. The van der Waals surface area contributed by atoms with Gasteiger partial charge in [0.1, 0.15) is 0 Å². The second-order valence-corrected chi connectivity index (χ2v) is 4.85. The van der Waals surface area contributed by atoms with Crippen LogP contribution in [-0.2, 0) is 16.0 Å². The van der Waals surface area contributed by atoms with Crippen LogP contribution in [0.15, 0.2) is 18.2 Å². The van der Waals surface area contributed by atoms with Gasteiger partial charge in [-0.05, 0) is 31.5 Å². The van der Waals surface area contributed by atoms with Crippen LogP contribution in [0.2, 0.25) is 0 Å². The zero-order valence-electron chi connectivity index (χ0n) is 11.4. The average Bonchev–Trinajstić information content (AvgIpc) is 2.84. The van der Waals surface area contributed by atoms with Gasteiger partial charge in [-0.3, -0.25) is 9.59 Å². The molecule has 0 aromatic heterocycles. The van der Waals surface area contributed by atoms with E-state index < -0.39 is 17.9 Å². The zero-order chi connectivity index (χ0) is 14.7. The molecule has 0 spiro atoms. The molecule has 20 heavy (non-hydrogen) atoms. The third kappa shape index (κ3) is 3.20. The van der Waals surface area contributed by atoms with Gasteiger partial charge in [0.15, 0.2) is 11.5 Å². The van der Waals surface area contributed by atoms with Crippen LogP contribution in [-0.4, -0.2) is 29.8 Å². The highest BCUT2D eigenvalue weighted by Crippen LogP contribution is 2.32. The molecule has 2 atom stereocenters. The van der Waals surface area contributed by atoms with Crippen LogP contribution in [0.4, 0.5) is 0 Å². The van der Waals surface area contributed by atoms with Crippen LogP contribution in [0, 0.1) is 5.92 Å². The Morgan fingerprint density at radius 1 is 1.30 bits per heavy atom. The molecule has 0 aliphatic carbocycles. The monoisotopic (exact) mass is 279 g/mol. The zero-order valence-corrected chi connectivity index (χ0v) is 11.4. The maximum atomic E-state index is 11.9. The van der Waals surface area contributed by atoms with E-state index in [1.54, 1.807) is 32.0 Å². The molecule has 0 radical (unpaired) electrons. The van der Waals surface area contributed by atoms with Crippen molar-refractivity contribution in [1.29, 1.82) is 0 Å². The van der Waals surface area contributed by atoms with Crippen molar-refractivity contribution in [2.75, 3.05) is 6.79 Å². The fraction of sp³-hybridized carbons (Fsp3) is 0.429. The predicted molar refractivity (Wildman–Crippen MR) is 70.7 cm³/mol. The molecule has 2 rings (SSSR count). The lowest BCUT2D eigenvalue weighted by Crippen LogP contribution is -2.40. The van der Waals surface area contributed by atoms with Crippen molar-refractivity contribution in [3.05, 3.63) is 23.8 Å². The molecule has 0 fully saturated rings. The van der Waals surface area contributed by atoms with Gasteiger partial charge in [-0.25, -0.2) is 0 Å². The van der Waals surface area contributed by atoms with Crippen molar-refractivity contribution in [1.82, 2.24) is 5.32 Å². The second-order valence-electron chi connectivity index (χ2n) is 4.85. The summed E-state index contributed by atoms with van der Waals surface area (Å²) in [7, 11) is 0. The van der Waals surface area contributed by atoms with Gasteiger partial charge in [0.25, 0.3) is 0 Å². The summed E-state index contributed by atoms with van der Waals surface area (Å²) in [5, 5.41) is 11.6. The molecular formula is C14H17NO5. The fourth-order valence-electron chi connectivity index (χ4n) is 1.88. The third-order valence-electron chi connectivity index (χ3n) is 3.33. The van der Waals surface area contributed by atoms with Crippen molar-refractivity contribution in [3.8, 4) is 11.5 Å². The number of nitrogens with one attached hydrogen (secondary N) is 1. The number of amides is 1. The highest BCUT2D eigenvalue weighted by Gasteiger charge is 2.21. The number of benzene rings is 1. The summed E-state index contributed by atoms with van der Waals surface area (Å²) in [4.78, 5) is 22.7. The standard InChI is InChI=1S/C14H17NO5/c1-8(14(17)18)9(2)15-13(16)6-10-3-4-11-12(5-10)20-7-19-11/h3-5,8-9H,6-7H2,1-2H3,(H,15,16)(H,17,18). The molecule has 6 heteroatoms. The lowest BCUT2D eigenvalue weighted by Gasteiger charge is -2.17. The Balaban J connectivity index is 1.93. The number of rotatable bonds is 5. The minimum Gasteiger partial charge on any atom is -0.481 e. The first-order valence-electron chi connectivity index (χ1n) is 6.38. The number of hydrogen-bond acceptors (Lipinski definition) is 4. The van der Waals surface area contributed by atoms with E-state index in [2.05, 4.69) is 5.32 Å². The van der Waals surface area contributed by atoms with E-state index in [0.29, 0.717) is 11.5 Å². The molecule has 0 saturated heterocycles. The highest BCUT2D eigenvalue weighted by molar-refractivity contribution is 5.80. The van der Waals surface area contributed by atoms with E-state index >= 15 is 0 Å². The summed E-state index contributed by atoms with van der Waals surface area (Å²) in [6, 6.07) is 4.88. The molecule has 0 saturated carbocycles. The van der Waals surface area contributed by atoms with Gasteiger partial charge in [-0.1, -0.05) is 6.07 Å². The molecule has 1 aromatic carbocycles. The van der Waals surface area contributed by atoms with E-state index in [-0.39, 0.29) is 19.1 Å². The van der Waals surface area contributed by atoms with Gasteiger partial charge < -0.3 is 19.9 Å².